The molecular weight excluding hydrogens is 841 g/mol. The quantitative estimate of drug-likeness (QED) is 0.0262. The summed E-state index contributed by atoms with van der Waals surface area (Å²) < 4.78 is 16.9. The molecule has 6 heteroatoms. The van der Waals surface area contributed by atoms with Crippen LogP contribution in [0, 0.1) is 0 Å². The smallest absolute Gasteiger partial charge is 0.306 e. The predicted molar refractivity (Wildman–Crippen MR) is 293 cm³/mol. The molecule has 0 aliphatic carbocycles. The second-order valence-corrected chi connectivity index (χ2v) is 21.0. The highest BCUT2D eigenvalue weighted by atomic mass is 16.6. The summed E-state index contributed by atoms with van der Waals surface area (Å²) in [6, 6.07) is 0. The van der Waals surface area contributed by atoms with Gasteiger partial charge >= 0.3 is 17.9 Å². The molecule has 0 saturated carbocycles. The Morgan fingerprint density at radius 2 is 0.485 bits per heavy atom. The summed E-state index contributed by atoms with van der Waals surface area (Å²) in [6.45, 7) is 6.70. The van der Waals surface area contributed by atoms with Gasteiger partial charge in [0.2, 0.25) is 0 Å². The van der Waals surface area contributed by atoms with Gasteiger partial charge in [0.1, 0.15) is 13.2 Å². The maximum atomic E-state index is 12.9. The zero-order valence-electron chi connectivity index (χ0n) is 46.2. The van der Waals surface area contributed by atoms with Crippen molar-refractivity contribution in [3.8, 4) is 0 Å². The zero-order valence-corrected chi connectivity index (χ0v) is 46.2. The van der Waals surface area contributed by atoms with Crippen LogP contribution in [0.15, 0.2) is 12.2 Å². The van der Waals surface area contributed by atoms with Crippen LogP contribution in [0.1, 0.15) is 348 Å². The fraction of sp³-hybridized carbons (Fsp3) is 0.919. The summed E-state index contributed by atoms with van der Waals surface area (Å²) in [7, 11) is 0. The minimum Gasteiger partial charge on any atom is -0.462 e. The Bertz CT molecular complexity index is 1060. The molecular formula is C62H118O6. The molecule has 0 aliphatic heterocycles. The van der Waals surface area contributed by atoms with E-state index in [1.165, 1.54) is 250 Å². The third-order valence-corrected chi connectivity index (χ3v) is 14.0. The molecule has 1 atom stereocenters. The van der Waals surface area contributed by atoms with Gasteiger partial charge in [-0.3, -0.25) is 14.4 Å². The molecule has 0 aromatic heterocycles. The third-order valence-electron chi connectivity index (χ3n) is 14.0. The maximum Gasteiger partial charge on any atom is 0.306 e. The first-order chi connectivity index (χ1) is 33.5. The molecule has 0 fully saturated rings. The van der Waals surface area contributed by atoms with E-state index in [0.29, 0.717) is 19.3 Å². The summed E-state index contributed by atoms with van der Waals surface area (Å²) in [5, 5.41) is 0. The van der Waals surface area contributed by atoms with E-state index in [4.69, 9.17) is 14.2 Å². The lowest BCUT2D eigenvalue weighted by Gasteiger charge is -2.18. The van der Waals surface area contributed by atoms with Gasteiger partial charge in [-0.05, 0) is 44.9 Å². The van der Waals surface area contributed by atoms with Crippen molar-refractivity contribution in [1.82, 2.24) is 0 Å². The summed E-state index contributed by atoms with van der Waals surface area (Å²) in [4.78, 5) is 38.2. The normalized spacial score (nSPS) is 12.0. The van der Waals surface area contributed by atoms with Crippen molar-refractivity contribution in [3.05, 3.63) is 12.2 Å². The average Bonchev–Trinajstić information content (AvgIpc) is 3.34. The lowest BCUT2D eigenvalue weighted by atomic mass is 10.0. The number of unbranched alkanes of at least 4 members (excludes halogenated alkanes) is 44. The minimum atomic E-state index is -0.765. The van der Waals surface area contributed by atoms with Crippen molar-refractivity contribution in [2.75, 3.05) is 13.2 Å². The monoisotopic (exact) mass is 959 g/mol. The molecule has 0 bridgehead atoms. The van der Waals surface area contributed by atoms with E-state index in [1.807, 2.05) is 0 Å². The molecule has 0 N–H and O–H groups in total. The first-order valence-electron chi connectivity index (χ1n) is 30.7. The van der Waals surface area contributed by atoms with Gasteiger partial charge in [-0.1, -0.05) is 296 Å². The number of hydrogen-bond acceptors (Lipinski definition) is 6. The molecule has 0 saturated heterocycles. The number of rotatable bonds is 57. The molecule has 0 spiro atoms. The Hall–Kier alpha value is -1.85. The van der Waals surface area contributed by atoms with Crippen molar-refractivity contribution in [3.63, 3.8) is 0 Å². The molecule has 0 rings (SSSR count). The predicted octanol–water partition coefficient (Wildman–Crippen LogP) is 20.5. The van der Waals surface area contributed by atoms with Crippen LogP contribution in [0.25, 0.3) is 0 Å². The second-order valence-electron chi connectivity index (χ2n) is 21.0. The van der Waals surface area contributed by atoms with Crippen LogP contribution >= 0.6 is 0 Å². The summed E-state index contributed by atoms with van der Waals surface area (Å²) >= 11 is 0. The second kappa shape index (κ2) is 57.7. The largest absolute Gasteiger partial charge is 0.462 e. The third kappa shape index (κ3) is 55.1. The molecule has 0 unspecified atom stereocenters. The number of allylic oxidation sites excluding steroid dienone is 2. The maximum absolute atomic E-state index is 12.9. The van der Waals surface area contributed by atoms with Crippen LogP contribution in [0.2, 0.25) is 0 Å². The number of hydrogen-bond donors (Lipinski definition) is 0. The average molecular weight is 960 g/mol. The Balaban J connectivity index is 4.27. The molecule has 68 heavy (non-hydrogen) atoms. The van der Waals surface area contributed by atoms with E-state index >= 15 is 0 Å². The molecule has 0 radical (unpaired) electrons. The van der Waals surface area contributed by atoms with Gasteiger partial charge in [0.05, 0.1) is 0 Å². The highest BCUT2D eigenvalue weighted by Crippen LogP contribution is 2.18. The Labute approximate surface area is 424 Å². The van der Waals surface area contributed by atoms with E-state index in [-0.39, 0.29) is 31.1 Å². The Kier molecular flexibility index (Phi) is 56.2. The Morgan fingerprint density at radius 1 is 0.279 bits per heavy atom. The van der Waals surface area contributed by atoms with Crippen LogP contribution in [0.5, 0.6) is 0 Å². The van der Waals surface area contributed by atoms with E-state index in [2.05, 4.69) is 32.9 Å². The van der Waals surface area contributed by atoms with Gasteiger partial charge in [0.15, 0.2) is 6.10 Å². The number of ether oxygens (including phenoxy) is 3. The van der Waals surface area contributed by atoms with Crippen LogP contribution in [-0.2, 0) is 28.6 Å². The van der Waals surface area contributed by atoms with Gasteiger partial charge in [0, 0.05) is 19.3 Å². The lowest BCUT2D eigenvalue weighted by molar-refractivity contribution is -0.167. The van der Waals surface area contributed by atoms with E-state index in [1.54, 1.807) is 0 Å². The van der Waals surface area contributed by atoms with Crippen molar-refractivity contribution < 1.29 is 28.6 Å². The van der Waals surface area contributed by atoms with Gasteiger partial charge in [-0.25, -0.2) is 0 Å². The fourth-order valence-electron chi connectivity index (χ4n) is 9.38. The first kappa shape index (κ1) is 66.2. The van der Waals surface area contributed by atoms with Crippen LogP contribution in [-0.4, -0.2) is 37.2 Å². The zero-order chi connectivity index (χ0) is 49.3. The van der Waals surface area contributed by atoms with Gasteiger partial charge in [-0.2, -0.15) is 0 Å². The topological polar surface area (TPSA) is 78.9 Å². The summed E-state index contributed by atoms with van der Waals surface area (Å²) in [5.74, 6) is -0.839. The first-order valence-corrected chi connectivity index (χ1v) is 30.7. The minimum absolute atomic E-state index is 0.0642. The molecule has 6 nitrogen and oxygen atoms in total. The summed E-state index contributed by atoms with van der Waals surface area (Å²) in [6.07, 6.45) is 66.4. The molecule has 0 amide bonds. The van der Waals surface area contributed by atoms with Crippen molar-refractivity contribution in [1.29, 1.82) is 0 Å². The van der Waals surface area contributed by atoms with Crippen molar-refractivity contribution in [2.24, 2.45) is 0 Å². The van der Waals surface area contributed by atoms with E-state index < -0.39 is 6.10 Å². The van der Waals surface area contributed by atoms with Crippen molar-refractivity contribution in [2.45, 2.75) is 354 Å². The molecule has 0 aromatic carbocycles. The molecule has 0 aromatic rings. The lowest BCUT2D eigenvalue weighted by Crippen LogP contribution is -2.30. The van der Waals surface area contributed by atoms with E-state index in [0.717, 1.165) is 57.8 Å². The standard InChI is InChI=1S/C62H118O6/c1-4-7-10-13-16-19-22-25-27-29-31-33-35-37-40-43-46-49-52-55-61(64)67-58-59(57-66-60(63)54-51-48-45-42-39-24-21-18-15-12-9-6-3)68-62(65)56-53-50-47-44-41-38-36-34-32-30-28-26-23-20-17-14-11-8-5-2/h25,27,59H,4-24,26,28-58H2,1-3H3/b27-25-/t59-/m0/s1. The van der Waals surface area contributed by atoms with Gasteiger partial charge in [-0.15, -0.1) is 0 Å². The SMILES string of the molecule is CCCCCCCC/C=C\CCCCCCCCCCCC(=O)OC[C@H](COC(=O)CCCCCCCCCCCCCC)OC(=O)CCCCCCCCCCCCCCCCCCCCC. The van der Waals surface area contributed by atoms with Gasteiger partial charge < -0.3 is 14.2 Å². The highest BCUT2D eigenvalue weighted by Gasteiger charge is 2.19. The highest BCUT2D eigenvalue weighted by molar-refractivity contribution is 5.71. The molecule has 0 aliphatic rings. The Morgan fingerprint density at radius 3 is 0.735 bits per heavy atom. The fourth-order valence-corrected chi connectivity index (χ4v) is 9.38. The van der Waals surface area contributed by atoms with E-state index in [9.17, 15) is 14.4 Å². The molecule has 402 valence electrons. The number of carbonyl (C=O) groups excluding carboxylic acids is 3. The number of carbonyl (C=O) groups is 3. The summed E-state index contributed by atoms with van der Waals surface area (Å²) in [5.41, 5.74) is 0. The number of esters is 3. The van der Waals surface area contributed by atoms with Crippen LogP contribution < -0.4 is 0 Å². The van der Waals surface area contributed by atoms with Crippen LogP contribution in [0.4, 0.5) is 0 Å². The van der Waals surface area contributed by atoms with Crippen LogP contribution in [0.3, 0.4) is 0 Å². The molecule has 0 heterocycles. The van der Waals surface area contributed by atoms with Crippen molar-refractivity contribution >= 4 is 17.9 Å². The van der Waals surface area contributed by atoms with Gasteiger partial charge in [0.25, 0.3) is 0 Å².